The highest BCUT2D eigenvalue weighted by molar-refractivity contribution is 9.10. The van der Waals surface area contributed by atoms with Gasteiger partial charge < -0.3 is 4.90 Å². The number of carbonyl (C=O) groups is 1. The van der Waals surface area contributed by atoms with Crippen molar-refractivity contribution in [2.75, 3.05) is 7.05 Å². The fourth-order valence-corrected chi connectivity index (χ4v) is 2.51. The average Bonchev–Trinajstić information content (AvgIpc) is 2.42. The van der Waals surface area contributed by atoms with Crippen LogP contribution in [-0.2, 0) is 6.54 Å². The van der Waals surface area contributed by atoms with E-state index in [-0.39, 0.29) is 12.5 Å². The van der Waals surface area contributed by atoms with Gasteiger partial charge in [0, 0.05) is 28.7 Å². The second-order valence-corrected chi connectivity index (χ2v) is 5.60. The van der Waals surface area contributed by atoms with Gasteiger partial charge in [0.05, 0.1) is 5.56 Å². The molecule has 0 saturated heterocycles. The highest BCUT2D eigenvalue weighted by atomic mass is 79.9. The number of halogens is 3. The quantitative estimate of drug-likeness (QED) is 0.792. The first-order chi connectivity index (χ1) is 9.50. The van der Waals surface area contributed by atoms with E-state index in [9.17, 15) is 9.18 Å². The molecule has 2 nitrogen and oxygen atoms in total. The molecule has 0 radical (unpaired) electrons. The van der Waals surface area contributed by atoms with E-state index in [1.807, 2.05) is 6.07 Å². The van der Waals surface area contributed by atoms with Crippen molar-refractivity contribution in [1.29, 1.82) is 0 Å². The summed E-state index contributed by atoms with van der Waals surface area (Å²) in [5.74, 6) is -0.610. The summed E-state index contributed by atoms with van der Waals surface area (Å²) in [4.78, 5) is 13.8. The maximum absolute atomic E-state index is 13.7. The van der Waals surface area contributed by atoms with Gasteiger partial charge in [-0.3, -0.25) is 4.79 Å². The molecule has 1 amide bonds. The zero-order chi connectivity index (χ0) is 14.7. The molecule has 0 spiro atoms. The van der Waals surface area contributed by atoms with Gasteiger partial charge in [-0.1, -0.05) is 29.8 Å². The zero-order valence-corrected chi connectivity index (χ0v) is 13.1. The zero-order valence-electron chi connectivity index (χ0n) is 10.7. The number of nitrogens with zero attached hydrogens (tertiary/aromatic N) is 1. The highest BCUT2D eigenvalue weighted by Gasteiger charge is 2.17. The number of amides is 1. The lowest BCUT2D eigenvalue weighted by Gasteiger charge is -2.19. The fraction of sp³-hybridized carbons (Fsp3) is 0.133. The van der Waals surface area contributed by atoms with Gasteiger partial charge in [-0.05, 0) is 40.2 Å². The maximum Gasteiger partial charge on any atom is 0.255 e. The van der Waals surface area contributed by atoms with Crippen LogP contribution < -0.4 is 0 Å². The Labute approximate surface area is 130 Å². The normalized spacial score (nSPS) is 10.4. The summed E-state index contributed by atoms with van der Waals surface area (Å²) in [5, 5.41) is 0.316. The van der Waals surface area contributed by atoms with Crippen LogP contribution in [0.2, 0.25) is 5.02 Å². The van der Waals surface area contributed by atoms with Crippen LogP contribution >= 0.6 is 27.5 Å². The van der Waals surface area contributed by atoms with E-state index in [0.29, 0.717) is 20.6 Å². The second kappa shape index (κ2) is 6.37. The molecule has 0 aliphatic rings. The van der Waals surface area contributed by atoms with E-state index < -0.39 is 5.82 Å². The third-order valence-electron chi connectivity index (χ3n) is 2.91. The fourth-order valence-electron chi connectivity index (χ4n) is 1.83. The molecule has 0 aliphatic heterocycles. The van der Waals surface area contributed by atoms with Gasteiger partial charge in [-0.15, -0.1) is 0 Å². The minimum atomic E-state index is -0.413. The van der Waals surface area contributed by atoms with Crippen molar-refractivity contribution in [3.05, 3.63) is 68.9 Å². The van der Waals surface area contributed by atoms with Crippen LogP contribution in [0.3, 0.4) is 0 Å². The highest BCUT2D eigenvalue weighted by Crippen LogP contribution is 2.22. The Kier molecular flexibility index (Phi) is 4.78. The minimum Gasteiger partial charge on any atom is -0.337 e. The lowest BCUT2D eigenvalue weighted by Crippen LogP contribution is -2.27. The van der Waals surface area contributed by atoms with Crippen molar-refractivity contribution in [3.8, 4) is 0 Å². The van der Waals surface area contributed by atoms with Crippen molar-refractivity contribution >= 4 is 33.4 Å². The molecular weight excluding hydrogens is 345 g/mol. The predicted octanol–water partition coefficient (Wildman–Crippen LogP) is 4.51. The molecule has 0 aromatic heterocycles. The summed E-state index contributed by atoms with van der Waals surface area (Å²) in [6.45, 7) is 0.117. The first kappa shape index (κ1) is 15.0. The van der Waals surface area contributed by atoms with Gasteiger partial charge in [-0.25, -0.2) is 4.39 Å². The molecule has 104 valence electrons. The van der Waals surface area contributed by atoms with E-state index in [4.69, 9.17) is 11.6 Å². The summed E-state index contributed by atoms with van der Waals surface area (Å²) >= 11 is 9.30. The maximum atomic E-state index is 13.7. The molecule has 0 aliphatic carbocycles. The third kappa shape index (κ3) is 3.19. The van der Waals surface area contributed by atoms with Crippen LogP contribution in [0.5, 0.6) is 0 Å². The molecule has 20 heavy (non-hydrogen) atoms. The number of hydrogen-bond acceptors (Lipinski definition) is 1. The molecular formula is C15H12BrClFNO. The van der Waals surface area contributed by atoms with E-state index in [1.165, 1.54) is 17.0 Å². The predicted molar refractivity (Wildman–Crippen MR) is 81.3 cm³/mol. The summed E-state index contributed by atoms with van der Waals surface area (Å²) in [6.07, 6.45) is 0. The van der Waals surface area contributed by atoms with E-state index in [1.54, 1.807) is 31.3 Å². The van der Waals surface area contributed by atoms with Crippen molar-refractivity contribution in [3.63, 3.8) is 0 Å². The Morgan fingerprint density at radius 2 is 1.95 bits per heavy atom. The van der Waals surface area contributed by atoms with Crippen LogP contribution in [0.1, 0.15) is 15.9 Å². The summed E-state index contributed by atoms with van der Waals surface area (Å²) < 4.78 is 14.4. The molecule has 0 unspecified atom stereocenters. The average molecular weight is 357 g/mol. The van der Waals surface area contributed by atoms with Gasteiger partial charge in [0.15, 0.2) is 0 Å². The summed E-state index contributed by atoms with van der Waals surface area (Å²) in [6, 6.07) is 11.6. The van der Waals surface area contributed by atoms with Gasteiger partial charge in [0.25, 0.3) is 5.91 Å². The smallest absolute Gasteiger partial charge is 0.255 e. The van der Waals surface area contributed by atoms with Gasteiger partial charge in [0.1, 0.15) is 5.82 Å². The first-order valence-corrected chi connectivity index (χ1v) is 7.10. The van der Waals surface area contributed by atoms with Crippen LogP contribution in [-0.4, -0.2) is 17.9 Å². The Hall–Kier alpha value is -1.39. The Balaban J connectivity index is 2.23. The van der Waals surface area contributed by atoms with Crippen molar-refractivity contribution in [2.24, 2.45) is 0 Å². The Morgan fingerprint density at radius 1 is 1.25 bits per heavy atom. The molecule has 0 heterocycles. The third-order valence-corrected chi connectivity index (χ3v) is 3.95. The molecule has 5 heteroatoms. The number of benzene rings is 2. The molecule has 2 rings (SSSR count). The molecule has 2 aromatic rings. The lowest BCUT2D eigenvalue weighted by molar-refractivity contribution is 0.0783. The van der Waals surface area contributed by atoms with Crippen LogP contribution in [0.25, 0.3) is 0 Å². The topological polar surface area (TPSA) is 20.3 Å². The lowest BCUT2D eigenvalue weighted by atomic mass is 10.1. The largest absolute Gasteiger partial charge is 0.337 e. The monoisotopic (exact) mass is 355 g/mol. The van der Waals surface area contributed by atoms with Crippen molar-refractivity contribution < 1.29 is 9.18 Å². The van der Waals surface area contributed by atoms with Gasteiger partial charge >= 0.3 is 0 Å². The minimum absolute atomic E-state index is 0.117. The van der Waals surface area contributed by atoms with Gasteiger partial charge in [0.2, 0.25) is 0 Å². The molecule has 2 aromatic carbocycles. The molecule has 0 bridgehead atoms. The summed E-state index contributed by atoms with van der Waals surface area (Å²) in [5.41, 5.74) is 0.847. The van der Waals surface area contributed by atoms with Crippen LogP contribution in [0.4, 0.5) is 4.39 Å². The number of carbonyl (C=O) groups excluding carboxylic acids is 1. The molecule has 0 N–H and O–H groups in total. The Bertz CT molecular complexity index is 627. The number of hydrogen-bond donors (Lipinski definition) is 0. The molecule has 0 saturated carbocycles. The number of rotatable bonds is 3. The first-order valence-electron chi connectivity index (χ1n) is 5.93. The van der Waals surface area contributed by atoms with Crippen LogP contribution in [0.15, 0.2) is 46.9 Å². The van der Waals surface area contributed by atoms with E-state index in [2.05, 4.69) is 15.9 Å². The van der Waals surface area contributed by atoms with E-state index in [0.717, 1.165) is 0 Å². The van der Waals surface area contributed by atoms with Crippen molar-refractivity contribution in [1.82, 2.24) is 4.90 Å². The molecule has 0 fully saturated rings. The van der Waals surface area contributed by atoms with Crippen molar-refractivity contribution in [2.45, 2.75) is 6.54 Å². The van der Waals surface area contributed by atoms with Crippen LogP contribution in [0, 0.1) is 5.82 Å². The van der Waals surface area contributed by atoms with E-state index >= 15 is 0 Å². The second-order valence-electron chi connectivity index (χ2n) is 4.34. The summed E-state index contributed by atoms with van der Waals surface area (Å²) in [7, 11) is 1.62. The molecule has 0 atom stereocenters. The Morgan fingerprint density at radius 3 is 2.60 bits per heavy atom. The SMILES string of the molecule is CN(Cc1c(F)cccc1Cl)C(=O)c1ccccc1Br. The standard InChI is InChI=1S/C15H12BrClFNO/c1-19(9-11-13(17)7-4-8-14(11)18)15(20)10-5-2-3-6-12(10)16/h2-8H,9H2,1H3. The van der Waals surface area contributed by atoms with Gasteiger partial charge in [-0.2, -0.15) is 0 Å².